The van der Waals surface area contributed by atoms with Crippen LogP contribution in [0.3, 0.4) is 0 Å². The van der Waals surface area contributed by atoms with E-state index in [1.807, 2.05) is 19.1 Å². The molecule has 0 aromatic rings. The number of likely N-dealkylation sites (tertiary alicyclic amines) is 1. The van der Waals surface area contributed by atoms with Gasteiger partial charge in [0.05, 0.1) is 0 Å². The Hall–Kier alpha value is -0.630. The molecule has 0 saturated carbocycles. The van der Waals surface area contributed by atoms with Gasteiger partial charge in [0.2, 0.25) is 0 Å². The summed E-state index contributed by atoms with van der Waals surface area (Å²) in [5, 5.41) is 0. The average Bonchev–Trinajstić information content (AvgIpc) is 2.62. The van der Waals surface area contributed by atoms with Gasteiger partial charge in [0.25, 0.3) is 0 Å². The van der Waals surface area contributed by atoms with Crippen molar-refractivity contribution in [3.8, 4) is 0 Å². The fraction of sp³-hybridized carbons (Fsp3) is 0.667. The van der Waals surface area contributed by atoms with Crippen molar-refractivity contribution in [1.29, 1.82) is 0 Å². The Morgan fingerprint density at radius 3 is 3.00 bits per heavy atom. The van der Waals surface area contributed by atoms with E-state index in [0.29, 0.717) is 0 Å². The normalized spacial score (nSPS) is 25.1. The predicted molar refractivity (Wildman–Crippen MR) is 59.1 cm³/mol. The van der Waals surface area contributed by atoms with Gasteiger partial charge >= 0.3 is 0 Å². The number of hydrogen-bond acceptors (Lipinski definition) is 1. The largest absolute Gasteiger partial charge is 0.294 e. The maximum atomic E-state index is 12.6. The molecule has 1 fully saturated rings. The lowest BCUT2D eigenvalue weighted by molar-refractivity contribution is 0.230. The summed E-state index contributed by atoms with van der Waals surface area (Å²) < 4.78 is 12.6. The smallest absolute Gasteiger partial charge is 0.105 e. The fourth-order valence-electron chi connectivity index (χ4n) is 1.91. The Morgan fingerprint density at radius 1 is 1.57 bits per heavy atom. The van der Waals surface area contributed by atoms with Crippen LogP contribution in [0.5, 0.6) is 0 Å². The van der Waals surface area contributed by atoms with Crippen LogP contribution >= 0.6 is 0 Å². The van der Waals surface area contributed by atoms with E-state index in [1.165, 1.54) is 5.57 Å². The summed E-state index contributed by atoms with van der Waals surface area (Å²) >= 11 is 0. The third-order valence-electron chi connectivity index (χ3n) is 2.70. The number of halogens is 1. The zero-order valence-electron chi connectivity index (χ0n) is 9.17. The van der Waals surface area contributed by atoms with Crippen LogP contribution in [0.4, 0.5) is 4.39 Å². The second-order valence-corrected chi connectivity index (χ2v) is 3.96. The van der Waals surface area contributed by atoms with Crippen LogP contribution in [0.15, 0.2) is 23.8 Å². The molecule has 1 rings (SSSR count). The van der Waals surface area contributed by atoms with Crippen molar-refractivity contribution in [3.63, 3.8) is 0 Å². The molecule has 1 aliphatic rings. The highest BCUT2D eigenvalue weighted by atomic mass is 19.1. The van der Waals surface area contributed by atoms with Gasteiger partial charge in [0, 0.05) is 12.6 Å². The Morgan fingerprint density at radius 2 is 2.36 bits per heavy atom. The predicted octanol–water partition coefficient (Wildman–Crippen LogP) is 2.94. The highest BCUT2D eigenvalue weighted by molar-refractivity contribution is 5.11. The second kappa shape index (κ2) is 5.97. The molecule has 1 atom stereocenters. The highest BCUT2D eigenvalue weighted by Crippen LogP contribution is 2.18. The average molecular weight is 197 g/mol. The Kier molecular flexibility index (Phi) is 4.88. The van der Waals surface area contributed by atoms with E-state index < -0.39 is 0 Å². The maximum absolute atomic E-state index is 12.6. The molecule has 0 aliphatic carbocycles. The van der Waals surface area contributed by atoms with E-state index in [9.17, 15) is 4.39 Å². The Bertz CT molecular complexity index is 220. The molecule has 80 valence electrons. The van der Waals surface area contributed by atoms with Gasteiger partial charge < -0.3 is 0 Å². The zero-order chi connectivity index (χ0) is 10.4. The van der Waals surface area contributed by atoms with Gasteiger partial charge in [-0.3, -0.25) is 4.90 Å². The summed E-state index contributed by atoms with van der Waals surface area (Å²) in [6.45, 7) is 5.88. The van der Waals surface area contributed by atoms with Gasteiger partial charge in [0.15, 0.2) is 0 Å². The molecule has 1 saturated heterocycles. The molecule has 1 nitrogen and oxygen atoms in total. The third kappa shape index (κ3) is 3.26. The summed E-state index contributed by atoms with van der Waals surface area (Å²) in [5.41, 5.74) is 1.31. The van der Waals surface area contributed by atoms with Gasteiger partial charge in [-0.2, -0.15) is 0 Å². The van der Waals surface area contributed by atoms with Crippen LogP contribution in [0.2, 0.25) is 0 Å². The number of rotatable bonds is 4. The number of nitrogens with zero attached hydrogens (tertiary/aromatic N) is 1. The van der Waals surface area contributed by atoms with E-state index >= 15 is 0 Å². The minimum absolute atomic E-state index is 0.170. The number of hydrogen-bond donors (Lipinski definition) is 0. The lowest BCUT2D eigenvalue weighted by Crippen LogP contribution is -2.32. The molecule has 0 amide bonds. The first-order chi connectivity index (χ1) is 6.77. The molecule has 0 aromatic heterocycles. The third-order valence-corrected chi connectivity index (χ3v) is 2.70. The summed E-state index contributed by atoms with van der Waals surface area (Å²) in [6.07, 6.45) is 8.32. The standard InChI is InChI=1S/C12H20FN/c1-3-4-6-11(2)10-14-8-5-7-12(14)9-13/h3-4,6,12H,5,7-10H2,1-2H3/b4-3-,11-6+/t12-/m0/s1. The first-order valence-electron chi connectivity index (χ1n) is 5.36. The van der Waals surface area contributed by atoms with Gasteiger partial charge in [-0.15, -0.1) is 0 Å². The van der Waals surface area contributed by atoms with E-state index in [1.54, 1.807) is 0 Å². The first-order valence-corrected chi connectivity index (χ1v) is 5.36. The highest BCUT2D eigenvalue weighted by Gasteiger charge is 2.23. The topological polar surface area (TPSA) is 3.24 Å². The minimum Gasteiger partial charge on any atom is -0.294 e. The van der Waals surface area contributed by atoms with Gasteiger partial charge in [-0.05, 0) is 33.2 Å². The van der Waals surface area contributed by atoms with Crippen molar-refractivity contribution in [2.75, 3.05) is 19.8 Å². The molecule has 0 aromatic carbocycles. The van der Waals surface area contributed by atoms with Crippen LogP contribution in [0.25, 0.3) is 0 Å². The molecule has 0 bridgehead atoms. The van der Waals surface area contributed by atoms with Crippen LogP contribution in [-0.4, -0.2) is 30.7 Å². The summed E-state index contributed by atoms with van der Waals surface area (Å²) in [7, 11) is 0. The fourth-order valence-corrected chi connectivity index (χ4v) is 1.91. The molecule has 2 heteroatoms. The molecule has 0 N–H and O–H groups in total. The van der Waals surface area contributed by atoms with Gasteiger partial charge in [-0.1, -0.05) is 23.8 Å². The molecule has 14 heavy (non-hydrogen) atoms. The SMILES string of the molecule is C/C=C\C=C(/C)CN1CCC[C@H]1CF. The van der Waals surface area contributed by atoms with E-state index in [4.69, 9.17) is 0 Å². The molecule has 0 unspecified atom stereocenters. The van der Waals surface area contributed by atoms with E-state index in [0.717, 1.165) is 25.9 Å². The van der Waals surface area contributed by atoms with Crippen molar-refractivity contribution in [1.82, 2.24) is 4.90 Å². The van der Waals surface area contributed by atoms with Gasteiger partial charge in [0.1, 0.15) is 6.67 Å². The first kappa shape index (κ1) is 11.4. The van der Waals surface area contributed by atoms with Gasteiger partial charge in [-0.25, -0.2) is 4.39 Å². The van der Waals surface area contributed by atoms with Crippen LogP contribution < -0.4 is 0 Å². The molecule has 1 heterocycles. The van der Waals surface area contributed by atoms with Crippen molar-refractivity contribution < 1.29 is 4.39 Å². The number of allylic oxidation sites excluding steroid dienone is 3. The van der Waals surface area contributed by atoms with Crippen LogP contribution in [0, 0.1) is 0 Å². The quantitative estimate of drug-likeness (QED) is 0.626. The van der Waals surface area contributed by atoms with Crippen molar-refractivity contribution >= 4 is 0 Å². The van der Waals surface area contributed by atoms with Crippen molar-refractivity contribution in [3.05, 3.63) is 23.8 Å². The number of alkyl halides is 1. The molecule has 0 radical (unpaired) electrons. The summed E-state index contributed by atoms with van der Waals surface area (Å²) in [5.74, 6) is 0. The van der Waals surface area contributed by atoms with Crippen LogP contribution in [-0.2, 0) is 0 Å². The summed E-state index contributed by atoms with van der Waals surface area (Å²) in [4.78, 5) is 2.25. The molecular weight excluding hydrogens is 177 g/mol. The Labute approximate surface area is 86.3 Å². The van der Waals surface area contributed by atoms with Crippen molar-refractivity contribution in [2.45, 2.75) is 32.7 Å². The molecule has 1 aliphatic heterocycles. The zero-order valence-corrected chi connectivity index (χ0v) is 9.17. The second-order valence-electron chi connectivity index (χ2n) is 3.96. The molecular formula is C12H20FN. The van der Waals surface area contributed by atoms with Crippen molar-refractivity contribution in [2.24, 2.45) is 0 Å². The Balaban J connectivity index is 2.42. The lowest BCUT2D eigenvalue weighted by Gasteiger charge is -2.21. The maximum Gasteiger partial charge on any atom is 0.105 e. The lowest BCUT2D eigenvalue weighted by atomic mass is 10.2. The summed E-state index contributed by atoms with van der Waals surface area (Å²) in [6, 6.07) is 0.170. The van der Waals surface area contributed by atoms with E-state index in [2.05, 4.69) is 17.9 Å². The van der Waals surface area contributed by atoms with E-state index in [-0.39, 0.29) is 12.7 Å². The van der Waals surface area contributed by atoms with Crippen LogP contribution in [0.1, 0.15) is 26.7 Å². The minimum atomic E-state index is -0.198. The molecule has 0 spiro atoms. The monoisotopic (exact) mass is 197 g/mol.